The summed E-state index contributed by atoms with van der Waals surface area (Å²) in [5.41, 5.74) is 5.27. The molecule has 2 aromatic rings. The second kappa shape index (κ2) is 6.72. The number of nitrogens with two attached hydrogens (primary N) is 2. The van der Waals surface area contributed by atoms with Crippen molar-refractivity contribution in [2.75, 3.05) is 30.9 Å². The van der Waals surface area contributed by atoms with Gasteiger partial charge in [-0.05, 0) is 24.8 Å². The van der Waals surface area contributed by atoms with Gasteiger partial charge < -0.3 is 21.2 Å². The highest BCUT2D eigenvalue weighted by molar-refractivity contribution is 5.91. The molecule has 2 fully saturated rings. The summed E-state index contributed by atoms with van der Waals surface area (Å²) in [7, 11) is 1.41. The quantitative estimate of drug-likeness (QED) is 0.730. The highest BCUT2D eigenvalue weighted by Gasteiger charge is 2.35. The molecule has 27 heavy (non-hydrogen) atoms. The number of halogens is 2. The number of aromatic nitrogens is 2. The van der Waals surface area contributed by atoms with Gasteiger partial charge in [0.2, 0.25) is 0 Å². The number of hydrogen-bond acceptors (Lipinski definition) is 6. The van der Waals surface area contributed by atoms with Crippen molar-refractivity contribution in [3.63, 3.8) is 0 Å². The summed E-state index contributed by atoms with van der Waals surface area (Å²) in [6.45, 7) is 3.05. The van der Waals surface area contributed by atoms with Gasteiger partial charge in [0.25, 0.3) is 5.56 Å². The number of benzene rings is 1. The molecule has 2 unspecified atom stereocenters. The average Bonchev–Trinajstić information content (AvgIpc) is 3.38. The SMILES string of the molecule is COc1c(N2CC(C)C(N)C2)c(F)cc2c(=O)n(N)c(=O)n(C3CC3)c12.Cl. The third kappa shape index (κ3) is 2.85. The van der Waals surface area contributed by atoms with Crippen LogP contribution in [0.4, 0.5) is 10.1 Å². The van der Waals surface area contributed by atoms with E-state index < -0.39 is 17.1 Å². The van der Waals surface area contributed by atoms with Crippen molar-refractivity contribution < 1.29 is 9.13 Å². The monoisotopic (exact) mass is 399 g/mol. The first-order valence-corrected chi connectivity index (χ1v) is 8.68. The largest absolute Gasteiger partial charge is 0.492 e. The van der Waals surface area contributed by atoms with Gasteiger partial charge in [0, 0.05) is 25.2 Å². The van der Waals surface area contributed by atoms with Crippen LogP contribution in [0.5, 0.6) is 5.75 Å². The second-order valence-corrected chi connectivity index (χ2v) is 7.24. The third-order valence-electron chi connectivity index (χ3n) is 5.39. The Morgan fingerprint density at radius 3 is 2.44 bits per heavy atom. The summed E-state index contributed by atoms with van der Waals surface area (Å²) in [5.74, 6) is 5.42. The highest BCUT2D eigenvalue weighted by atomic mass is 35.5. The van der Waals surface area contributed by atoms with Crippen LogP contribution in [0.3, 0.4) is 0 Å². The predicted octanol–water partition coefficient (Wildman–Crippen LogP) is 0.565. The van der Waals surface area contributed by atoms with E-state index in [2.05, 4.69) is 0 Å². The van der Waals surface area contributed by atoms with E-state index in [-0.39, 0.29) is 47.2 Å². The molecule has 2 aliphatic rings. The van der Waals surface area contributed by atoms with Crippen molar-refractivity contribution >= 4 is 29.0 Å². The first-order valence-electron chi connectivity index (χ1n) is 8.68. The Morgan fingerprint density at radius 2 is 1.93 bits per heavy atom. The molecule has 0 radical (unpaired) electrons. The zero-order chi connectivity index (χ0) is 18.7. The molecule has 1 aliphatic carbocycles. The molecule has 4 rings (SSSR count). The topological polar surface area (TPSA) is 109 Å². The van der Waals surface area contributed by atoms with E-state index in [9.17, 15) is 14.0 Å². The fraction of sp³-hybridized carbons (Fsp3) is 0.529. The fourth-order valence-corrected chi connectivity index (χ4v) is 3.77. The molecule has 1 aliphatic heterocycles. The van der Waals surface area contributed by atoms with E-state index in [1.54, 1.807) is 0 Å². The Balaban J connectivity index is 0.00000210. The van der Waals surface area contributed by atoms with Gasteiger partial charge in [-0.1, -0.05) is 6.92 Å². The van der Waals surface area contributed by atoms with Crippen molar-refractivity contribution in [2.24, 2.45) is 11.7 Å². The van der Waals surface area contributed by atoms with Crippen molar-refractivity contribution in [2.45, 2.75) is 31.8 Å². The minimum absolute atomic E-state index is 0. The third-order valence-corrected chi connectivity index (χ3v) is 5.39. The number of ether oxygens (including phenoxy) is 1. The molecule has 0 spiro atoms. The first kappa shape index (κ1) is 19.5. The number of hydrogen-bond donors (Lipinski definition) is 2. The zero-order valence-electron chi connectivity index (χ0n) is 15.1. The molecule has 8 nitrogen and oxygen atoms in total. The minimum atomic E-state index is -0.739. The van der Waals surface area contributed by atoms with Gasteiger partial charge in [0.05, 0.1) is 12.5 Å². The molecule has 148 valence electrons. The molecular formula is C17H23ClFN5O3. The van der Waals surface area contributed by atoms with Crippen LogP contribution in [0, 0.1) is 11.7 Å². The number of nitrogens with zero attached hydrogens (tertiary/aromatic N) is 3. The van der Waals surface area contributed by atoms with Gasteiger partial charge in [-0.25, -0.2) is 9.18 Å². The molecule has 2 atom stereocenters. The van der Waals surface area contributed by atoms with Gasteiger partial charge >= 0.3 is 5.69 Å². The van der Waals surface area contributed by atoms with Crippen LogP contribution in [-0.2, 0) is 0 Å². The summed E-state index contributed by atoms with van der Waals surface area (Å²) in [6, 6.07) is 0.996. The van der Waals surface area contributed by atoms with E-state index in [1.165, 1.54) is 11.7 Å². The molecule has 1 saturated heterocycles. The van der Waals surface area contributed by atoms with Gasteiger partial charge in [-0.2, -0.15) is 4.68 Å². The van der Waals surface area contributed by atoms with Crippen LogP contribution < -0.4 is 32.5 Å². The Bertz CT molecular complexity index is 1010. The van der Waals surface area contributed by atoms with Gasteiger partial charge in [-0.3, -0.25) is 9.36 Å². The summed E-state index contributed by atoms with van der Waals surface area (Å²) >= 11 is 0. The second-order valence-electron chi connectivity index (χ2n) is 7.24. The van der Waals surface area contributed by atoms with Gasteiger partial charge in [-0.15, -0.1) is 12.4 Å². The molecule has 2 heterocycles. The summed E-state index contributed by atoms with van der Waals surface area (Å²) < 4.78 is 22.5. The highest BCUT2D eigenvalue weighted by Crippen LogP contribution is 2.43. The minimum Gasteiger partial charge on any atom is -0.492 e. The lowest BCUT2D eigenvalue weighted by Crippen LogP contribution is -2.44. The van der Waals surface area contributed by atoms with E-state index in [4.69, 9.17) is 16.3 Å². The normalized spacial score (nSPS) is 22.1. The van der Waals surface area contributed by atoms with Gasteiger partial charge in [0.1, 0.15) is 11.2 Å². The number of anilines is 1. The lowest BCUT2D eigenvalue weighted by molar-refractivity contribution is 0.412. The van der Waals surface area contributed by atoms with E-state index in [0.717, 1.165) is 18.9 Å². The predicted molar refractivity (Wildman–Crippen MR) is 104 cm³/mol. The maximum atomic E-state index is 15.0. The lowest BCUT2D eigenvalue weighted by Gasteiger charge is -2.24. The fourth-order valence-electron chi connectivity index (χ4n) is 3.77. The standard InChI is InChI=1S/C17H22FN5O3.ClH/c1-8-6-21(7-12(8)19)14-11(18)5-10-13(15(14)26-2)22(9-3-4-9)17(25)23(20)16(10)24;/h5,8-9,12H,3-4,6-7,19-20H2,1-2H3;1H. The molecule has 0 bridgehead atoms. The Morgan fingerprint density at radius 1 is 1.26 bits per heavy atom. The Hall–Kier alpha value is -2.26. The van der Waals surface area contributed by atoms with E-state index in [1.807, 2.05) is 11.8 Å². The van der Waals surface area contributed by atoms with E-state index >= 15 is 0 Å². The van der Waals surface area contributed by atoms with Crippen LogP contribution in [0.25, 0.3) is 10.9 Å². The number of methoxy groups -OCH3 is 1. The summed E-state index contributed by atoms with van der Waals surface area (Å²) in [6.07, 6.45) is 1.60. The van der Waals surface area contributed by atoms with Crippen LogP contribution in [0.2, 0.25) is 0 Å². The molecular weight excluding hydrogens is 377 g/mol. The van der Waals surface area contributed by atoms with Crippen molar-refractivity contribution in [1.82, 2.24) is 9.24 Å². The van der Waals surface area contributed by atoms with Gasteiger partial charge in [0.15, 0.2) is 11.6 Å². The van der Waals surface area contributed by atoms with E-state index in [0.29, 0.717) is 23.3 Å². The first-order chi connectivity index (χ1) is 12.3. The van der Waals surface area contributed by atoms with Crippen molar-refractivity contribution in [3.8, 4) is 5.75 Å². The Labute approximate surface area is 160 Å². The molecule has 1 aromatic carbocycles. The van der Waals surface area contributed by atoms with Crippen molar-refractivity contribution in [3.05, 3.63) is 32.7 Å². The summed E-state index contributed by atoms with van der Waals surface area (Å²) in [5, 5.41) is 0.0358. The average molecular weight is 400 g/mol. The zero-order valence-corrected chi connectivity index (χ0v) is 16.0. The molecule has 1 aromatic heterocycles. The molecule has 10 heteroatoms. The molecule has 0 amide bonds. The number of rotatable bonds is 3. The van der Waals surface area contributed by atoms with Crippen LogP contribution >= 0.6 is 12.4 Å². The Kier molecular flexibility index (Phi) is 4.85. The number of fused-ring (bicyclic) bond motifs is 1. The van der Waals surface area contributed by atoms with Crippen LogP contribution in [-0.4, -0.2) is 35.5 Å². The molecule has 1 saturated carbocycles. The maximum absolute atomic E-state index is 15.0. The maximum Gasteiger partial charge on any atom is 0.350 e. The van der Waals surface area contributed by atoms with Crippen molar-refractivity contribution in [1.29, 1.82) is 0 Å². The molecule has 4 N–H and O–H groups in total. The van der Waals surface area contributed by atoms with Crippen LogP contribution in [0.1, 0.15) is 25.8 Å². The smallest absolute Gasteiger partial charge is 0.350 e. The summed E-state index contributed by atoms with van der Waals surface area (Å²) in [4.78, 5) is 26.9. The lowest BCUT2D eigenvalue weighted by atomic mass is 10.1. The number of nitrogen functional groups attached to an aromatic ring is 1. The van der Waals surface area contributed by atoms with Crippen LogP contribution in [0.15, 0.2) is 15.7 Å².